The number of ether oxygens (including phenoxy) is 1. The molecule has 1 aromatic rings. The van der Waals surface area contributed by atoms with Crippen LogP contribution in [0.4, 0.5) is 9.18 Å². The molecule has 2 atom stereocenters. The molecule has 1 heterocycles. The third kappa shape index (κ3) is 3.58. The molecular formula is C17H23FN2O3. The van der Waals surface area contributed by atoms with Crippen molar-refractivity contribution in [1.82, 2.24) is 10.6 Å². The van der Waals surface area contributed by atoms with Crippen LogP contribution in [0.3, 0.4) is 0 Å². The molecule has 1 aromatic carbocycles. The molecule has 2 unspecified atom stereocenters. The second-order valence-corrected chi connectivity index (χ2v) is 6.67. The van der Waals surface area contributed by atoms with E-state index in [1.54, 1.807) is 6.07 Å². The van der Waals surface area contributed by atoms with Gasteiger partial charge in [-0.2, -0.15) is 0 Å². The van der Waals surface area contributed by atoms with E-state index in [4.69, 9.17) is 4.74 Å². The predicted octanol–water partition coefficient (Wildman–Crippen LogP) is 2.50. The minimum Gasteiger partial charge on any atom is -0.493 e. The van der Waals surface area contributed by atoms with Gasteiger partial charge in [0, 0.05) is 11.6 Å². The lowest BCUT2D eigenvalue weighted by Crippen LogP contribution is -2.54. The molecule has 2 amide bonds. The number of urea groups is 1. The third-order valence-corrected chi connectivity index (χ3v) is 4.76. The number of aliphatic hydroxyl groups is 1. The molecule has 0 radical (unpaired) electrons. The lowest BCUT2D eigenvalue weighted by Gasteiger charge is -2.30. The number of carbonyl (C=O) groups is 1. The summed E-state index contributed by atoms with van der Waals surface area (Å²) >= 11 is 0. The zero-order valence-corrected chi connectivity index (χ0v) is 13.3. The topological polar surface area (TPSA) is 70.6 Å². The number of fused-ring (bicyclic) bond motifs is 1. The second kappa shape index (κ2) is 6.35. The van der Waals surface area contributed by atoms with Crippen LogP contribution in [0.2, 0.25) is 0 Å². The van der Waals surface area contributed by atoms with Crippen molar-refractivity contribution < 1.29 is 19.0 Å². The first-order chi connectivity index (χ1) is 11.0. The minimum absolute atomic E-state index is 0.0827. The Bertz CT molecular complexity index is 591. The molecule has 3 N–H and O–H groups in total. The summed E-state index contributed by atoms with van der Waals surface area (Å²) in [5, 5.41) is 15.4. The summed E-state index contributed by atoms with van der Waals surface area (Å²) in [7, 11) is 0. The quantitative estimate of drug-likeness (QED) is 0.797. The van der Waals surface area contributed by atoms with Gasteiger partial charge in [0.05, 0.1) is 24.8 Å². The van der Waals surface area contributed by atoms with Gasteiger partial charge in [0.2, 0.25) is 0 Å². The maximum absolute atomic E-state index is 13.4. The summed E-state index contributed by atoms with van der Waals surface area (Å²) in [5.74, 6) is 0.465. The van der Waals surface area contributed by atoms with Gasteiger partial charge in [-0.3, -0.25) is 0 Å². The van der Waals surface area contributed by atoms with E-state index in [9.17, 15) is 14.3 Å². The fourth-order valence-electron chi connectivity index (χ4n) is 3.14. The summed E-state index contributed by atoms with van der Waals surface area (Å²) in [6.07, 6.45) is 3.56. The highest BCUT2D eigenvalue weighted by molar-refractivity contribution is 5.75. The van der Waals surface area contributed by atoms with Gasteiger partial charge < -0.3 is 20.5 Å². The van der Waals surface area contributed by atoms with E-state index in [2.05, 4.69) is 10.6 Å². The van der Waals surface area contributed by atoms with E-state index in [-0.39, 0.29) is 24.5 Å². The number of hydrogen-bond acceptors (Lipinski definition) is 3. The molecule has 1 aliphatic heterocycles. The van der Waals surface area contributed by atoms with Gasteiger partial charge in [-0.15, -0.1) is 0 Å². The lowest BCUT2D eigenvalue weighted by atomic mass is 9.97. The Morgan fingerprint density at radius 2 is 2.22 bits per heavy atom. The maximum atomic E-state index is 13.4. The second-order valence-electron chi connectivity index (χ2n) is 6.67. The van der Waals surface area contributed by atoms with E-state index in [0.717, 1.165) is 31.2 Å². The molecule has 0 saturated heterocycles. The van der Waals surface area contributed by atoms with Crippen molar-refractivity contribution in [2.24, 2.45) is 5.92 Å². The van der Waals surface area contributed by atoms with Crippen LogP contribution in [-0.4, -0.2) is 29.9 Å². The fourth-order valence-corrected chi connectivity index (χ4v) is 3.14. The number of rotatable bonds is 4. The van der Waals surface area contributed by atoms with Crippen LogP contribution in [-0.2, 0) is 0 Å². The van der Waals surface area contributed by atoms with E-state index in [0.29, 0.717) is 18.3 Å². The number of benzene rings is 1. The monoisotopic (exact) mass is 322 g/mol. The Labute approximate surface area is 135 Å². The molecule has 3 rings (SSSR count). The summed E-state index contributed by atoms with van der Waals surface area (Å²) in [6.45, 7) is 2.29. The SMILES string of the molecule is CC(CO)(NC(=O)NC1CCCOc2cc(F)ccc21)C1CC1. The molecule has 1 saturated carbocycles. The van der Waals surface area contributed by atoms with Crippen LogP contribution in [0.5, 0.6) is 5.75 Å². The molecule has 1 fully saturated rings. The van der Waals surface area contributed by atoms with Crippen molar-refractivity contribution in [2.75, 3.05) is 13.2 Å². The van der Waals surface area contributed by atoms with Gasteiger partial charge in [0.15, 0.2) is 0 Å². The largest absolute Gasteiger partial charge is 0.493 e. The highest BCUT2D eigenvalue weighted by Gasteiger charge is 2.42. The van der Waals surface area contributed by atoms with Crippen LogP contribution in [0.25, 0.3) is 0 Å². The first-order valence-electron chi connectivity index (χ1n) is 8.13. The van der Waals surface area contributed by atoms with Crippen LogP contribution >= 0.6 is 0 Å². The fraction of sp³-hybridized carbons (Fsp3) is 0.588. The first-order valence-corrected chi connectivity index (χ1v) is 8.13. The van der Waals surface area contributed by atoms with E-state index < -0.39 is 5.54 Å². The van der Waals surface area contributed by atoms with Crippen molar-refractivity contribution in [2.45, 2.75) is 44.2 Å². The van der Waals surface area contributed by atoms with Crippen molar-refractivity contribution in [3.63, 3.8) is 0 Å². The van der Waals surface area contributed by atoms with Gasteiger partial charge in [0.1, 0.15) is 11.6 Å². The number of nitrogens with one attached hydrogen (secondary N) is 2. The number of amides is 2. The van der Waals surface area contributed by atoms with Crippen molar-refractivity contribution in [1.29, 1.82) is 0 Å². The van der Waals surface area contributed by atoms with Crippen molar-refractivity contribution in [3.8, 4) is 5.75 Å². The van der Waals surface area contributed by atoms with Gasteiger partial charge >= 0.3 is 6.03 Å². The number of halogens is 1. The molecular weight excluding hydrogens is 299 g/mol. The first kappa shape index (κ1) is 16.1. The van der Waals surface area contributed by atoms with E-state index >= 15 is 0 Å². The zero-order valence-electron chi connectivity index (χ0n) is 13.3. The van der Waals surface area contributed by atoms with Crippen LogP contribution in [0, 0.1) is 11.7 Å². The Morgan fingerprint density at radius 3 is 2.91 bits per heavy atom. The van der Waals surface area contributed by atoms with Gasteiger partial charge in [-0.25, -0.2) is 9.18 Å². The van der Waals surface area contributed by atoms with Crippen molar-refractivity contribution in [3.05, 3.63) is 29.6 Å². The molecule has 0 aromatic heterocycles. The average molecular weight is 322 g/mol. The normalized spacial score (nSPS) is 23.0. The van der Waals surface area contributed by atoms with E-state index in [1.165, 1.54) is 12.1 Å². The Hall–Kier alpha value is -1.82. The molecule has 126 valence electrons. The molecule has 5 nitrogen and oxygen atoms in total. The lowest BCUT2D eigenvalue weighted by molar-refractivity contribution is 0.154. The van der Waals surface area contributed by atoms with Gasteiger partial charge in [0.25, 0.3) is 0 Å². The third-order valence-electron chi connectivity index (χ3n) is 4.76. The molecule has 1 aliphatic carbocycles. The number of carbonyl (C=O) groups excluding carboxylic acids is 1. The summed E-state index contributed by atoms with van der Waals surface area (Å²) in [6, 6.07) is 3.86. The van der Waals surface area contributed by atoms with Gasteiger partial charge in [-0.1, -0.05) is 6.07 Å². The standard InChI is InChI=1S/C17H23FN2O3/c1-17(10-21,11-4-5-11)20-16(22)19-14-3-2-8-23-15-9-12(18)6-7-13(14)15/h6-7,9,11,14,21H,2-5,8,10H2,1H3,(H2,19,20,22). The number of hydrogen-bond donors (Lipinski definition) is 3. The van der Waals surface area contributed by atoms with Crippen LogP contribution in [0.1, 0.15) is 44.2 Å². The van der Waals surface area contributed by atoms with Crippen LogP contribution in [0.15, 0.2) is 18.2 Å². The summed E-state index contributed by atoms with van der Waals surface area (Å²) in [5.41, 5.74) is 0.202. The van der Waals surface area contributed by atoms with Gasteiger partial charge in [-0.05, 0) is 44.6 Å². The highest BCUT2D eigenvalue weighted by atomic mass is 19.1. The van der Waals surface area contributed by atoms with E-state index in [1.807, 2.05) is 6.92 Å². The Morgan fingerprint density at radius 1 is 1.43 bits per heavy atom. The highest BCUT2D eigenvalue weighted by Crippen LogP contribution is 2.39. The van der Waals surface area contributed by atoms with Crippen LogP contribution < -0.4 is 15.4 Å². The summed E-state index contributed by atoms with van der Waals surface area (Å²) in [4.78, 5) is 12.4. The molecule has 6 heteroatoms. The average Bonchev–Trinajstić information content (AvgIpc) is 3.35. The Kier molecular flexibility index (Phi) is 4.43. The molecule has 23 heavy (non-hydrogen) atoms. The van der Waals surface area contributed by atoms with Crippen molar-refractivity contribution >= 4 is 6.03 Å². The minimum atomic E-state index is -0.586. The smallest absolute Gasteiger partial charge is 0.315 e. The predicted molar refractivity (Wildman–Crippen MR) is 83.8 cm³/mol. The number of aliphatic hydroxyl groups excluding tert-OH is 1. The Balaban J connectivity index is 1.71. The zero-order chi connectivity index (χ0) is 16.4. The molecule has 0 spiro atoms. The maximum Gasteiger partial charge on any atom is 0.315 e. The molecule has 2 aliphatic rings. The summed E-state index contributed by atoms with van der Waals surface area (Å²) < 4.78 is 18.9. The molecule has 0 bridgehead atoms.